The number of nitrogens with zero attached hydrogens (tertiary/aromatic N) is 1. The first-order valence-corrected chi connectivity index (χ1v) is 5.89. The number of carbonyl (C=O) groups is 1. The van der Waals surface area contributed by atoms with Crippen LogP contribution in [-0.4, -0.2) is 44.2 Å². The van der Waals surface area contributed by atoms with Crippen molar-refractivity contribution in [3.05, 3.63) is 0 Å². The van der Waals surface area contributed by atoms with Gasteiger partial charge >= 0.3 is 0 Å². The minimum Gasteiger partial charge on any atom is -0.384 e. The molecule has 0 radical (unpaired) electrons. The van der Waals surface area contributed by atoms with E-state index in [9.17, 15) is 4.79 Å². The molecular formula is C11H23N3O2. The average Bonchev–Trinajstić information content (AvgIpc) is 2.31. The molecule has 0 aromatic rings. The Labute approximate surface area is 97.3 Å². The highest BCUT2D eigenvalue weighted by atomic mass is 16.5. The number of rotatable bonds is 5. The van der Waals surface area contributed by atoms with Crippen LogP contribution in [0.3, 0.4) is 0 Å². The Morgan fingerprint density at radius 3 is 2.69 bits per heavy atom. The fourth-order valence-electron chi connectivity index (χ4n) is 2.18. The summed E-state index contributed by atoms with van der Waals surface area (Å²) in [5.41, 5.74) is 2.20. The first kappa shape index (κ1) is 13.4. The molecule has 5 nitrogen and oxygen atoms in total. The number of hydrogen-bond acceptors (Lipinski definition) is 4. The summed E-state index contributed by atoms with van der Waals surface area (Å²) < 4.78 is 5.15. The third-order valence-corrected chi connectivity index (χ3v) is 3.23. The van der Waals surface area contributed by atoms with E-state index in [0.29, 0.717) is 5.92 Å². The lowest BCUT2D eigenvalue weighted by atomic mass is 9.97. The molecule has 1 aliphatic rings. The number of nitrogens with one attached hydrogen (secondary N) is 1. The van der Waals surface area contributed by atoms with E-state index in [1.165, 1.54) is 0 Å². The summed E-state index contributed by atoms with van der Waals surface area (Å²) in [6.07, 6.45) is 2.32. The van der Waals surface area contributed by atoms with Gasteiger partial charge in [0.25, 0.3) is 0 Å². The maximum atomic E-state index is 11.3. The Morgan fingerprint density at radius 2 is 2.19 bits per heavy atom. The fraction of sp³-hybridized carbons (Fsp3) is 0.909. The van der Waals surface area contributed by atoms with E-state index >= 15 is 0 Å². The molecule has 16 heavy (non-hydrogen) atoms. The molecule has 1 atom stereocenters. The van der Waals surface area contributed by atoms with Crippen LogP contribution >= 0.6 is 0 Å². The Kier molecular flexibility index (Phi) is 5.73. The van der Waals surface area contributed by atoms with E-state index in [-0.39, 0.29) is 11.8 Å². The van der Waals surface area contributed by atoms with E-state index in [1.54, 1.807) is 7.11 Å². The van der Waals surface area contributed by atoms with Gasteiger partial charge in [-0.3, -0.25) is 10.2 Å². The molecule has 1 unspecified atom stereocenters. The van der Waals surface area contributed by atoms with Crippen LogP contribution in [0.4, 0.5) is 0 Å². The van der Waals surface area contributed by atoms with Crippen molar-refractivity contribution < 1.29 is 9.53 Å². The van der Waals surface area contributed by atoms with Crippen LogP contribution in [0.2, 0.25) is 0 Å². The van der Waals surface area contributed by atoms with Crippen molar-refractivity contribution in [1.82, 2.24) is 10.3 Å². The fourth-order valence-corrected chi connectivity index (χ4v) is 2.18. The van der Waals surface area contributed by atoms with Gasteiger partial charge in [0.05, 0.1) is 0 Å². The number of hydrogen-bond donors (Lipinski definition) is 2. The molecule has 3 N–H and O–H groups in total. The molecule has 94 valence electrons. The third-order valence-electron chi connectivity index (χ3n) is 3.23. The minimum absolute atomic E-state index is 0.0380. The number of nitrogens with two attached hydrogens (primary N) is 1. The summed E-state index contributed by atoms with van der Waals surface area (Å²) in [7, 11) is 1.75. The second kappa shape index (κ2) is 6.83. The highest BCUT2D eigenvalue weighted by molar-refractivity contribution is 5.77. The molecule has 1 rings (SSSR count). The van der Waals surface area contributed by atoms with E-state index in [0.717, 1.165) is 39.1 Å². The summed E-state index contributed by atoms with van der Waals surface area (Å²) >= 11 is 0. The van der Waals surface area contributed by atoms with Crippen LogP contribution in [-0.2, 0) is 9.53 Å². The maximum absolute atomic E-state index is 11.3. The number of amides is 1. The highest BCUT2D eigenvalue weighted by Gasteiger charge is 2.22. The van der Waals surface area contributed by atoms with Crippen LogP contribution in [0.25, 0.3) is 0 Å². The summed E-state index contributed by atoms with van der Waals surface area (Å²) in [5.74, 6) is 5.66. The van der Waals surface area contributed by atoms with Gasteiger partial charge in [0.15, 0.2) is 0 Å². The van der Waals surface area contributed by atoms with E-state index in [4.69, 9.17) is 10.6 Å². The normalized spacial score (nSPS) is 20.7. The van der Waals surface area contributed by atoms with E-state index in [1.807, 2.05) is 6.92 Å². The van der Waals surface area contributed by atoms with Gasteiger partial charge in [-0.15, -0.1) is 0 Å². The molecule has 5 heteroatoms. The smallest absolute Gasteiger partial charge is 0.237 e. The second-order valence-electron chi connectivity index (χ2n) is 4.61. The zero-order valence-corrected chi connectivity index (χ0v) is 10.2. The molecule has 0 aromatic heterocycles. The van der Waals surface area contributed by atoms with Crippen LogP contribution in [0.1, 0.15) is 19.8 Å². The van der Waals surface area contributed by atoms with Crippen molar-refractivity contribution in [2.24, 2.45) is 17.7 Å². The van der Waals surface area contributed by atoms with Gasteiger partial charge in [0.2, 0.25) is 5.91 Å². The maximum Gasteiger partial charge on any atom is 0.237 e. The molecular weight excluding hydrogens is 206 g/mol. The SMILES string of the molecule is COCC1CCN(CC(C)C(=O)NN)CC1. The van der Waals surface area contributed by atoms with Gasteiger partial charge in [0, 0.05) is 26.2 Å². The van der Waals surface area contributed by atoms with Crippen molar-refractivity contribution in [3.8, 4) is 0 Å². The van der Waals surface area contributed by atoms with Gasteiger partial charge in [-0.1, -0.05) is 6.92 Å². The Hall–Kier alpha value is -0.650. The molecule has 1 amide bonds. The zero-order valence-electron chi connectivity index (χ0n) is 10.2. The lowest BCUT2D eigenvalue weighted by molar-refractivity contribution is -0.125. The first-order valence-electron chi connectivity index (χ1n) is 5.89. The standard InChI is InChI=1S/C11H23N3O2/c1-9(11(15)13-12)7-14-5-3-10(4-6-14)8-16-2/h9-10H,3-8,12H2,1-2H3,(H,13,15). The Morgan fingerprint density at radius 1 is 1.56 bits per heavy atom. The van der Waals surface area contributed by atoms with Crippen molar-refractivity contribution in [2.75, 3.05) is 33.4 Å². The predicted molar refractivity (Wildman–Crippen MR) is 62.5 cm³/mol. The molecule has 1 fully saturated rings. The number of carbonyl (C=O) groups excluding carboxylic acids is 1. The van der Waals surface area contributed by atoms with Gasteiger partial charge in [-0.2, -0.15) is 0 Å². The predicted octanol–water partition coefficient (Wildman–Crippen LogP) is -0.0292. The lowest BCUT2D eigenvalue weighted by Gasteiger charge is -2.32. The Balaban J connectivity index is 2.24. The number of ether oxygens (including phenoxy) is 1. The molecule has 1 saturated heterocycles. The quantitative estimate of drug-likeness (QED) is 0.395. The van der Waals surface area contributed by atoms with Gasteiger partial charge in [0.1, 0.15) is 0 Å². The number of likely N-dealkylation sites (tertiary alicyclic amines) is 1. The number of piperidine rings is 1. The topological polar surface area (TPSA) is 67.6 Å². The second-order valence-corrected chi connectivity index (χ2v) is 4.61. The van der Waals surface area contributed by atoms with Crippen LogP contribution in [0.15, 0.2) is 0 Å². The molecule has 0 bridgehead atoms. The van der Waals surface area contributed by atoms with Crippen LogP contribution in [0, 0.1) is 11.8 Å². The molecule has 0 spiro atoms. The Bertz CT molecular complexity index is 215. The highest BCUT2D eigenvalue weighted by Crippen LogP contribution is 2.18. The monoisotopic (exact) mass is 229 g/mol. The summed E-state index contributed by atoms with van der Waals surface area (Å²) in [6.45, 7) is 5.66. The van der Waals surface area contributed by atoms with Crippen LogP contribution < -0.4 is 11.3 Å². The zero-order chi connectivity index (χ0) is 12.0. The van der Waals surface area contributed by atoms with Gasteiger partial charge in [-0.05, 0) is 31.8 Å². The van der Waals surface area contributed by atoms with Crippen molar-refractivity contribution in [1.29, 1.82) is 0 Å². The van der Waals surface area contributed by atoms with Crippen LogP contribution in [0.5, 0.6) is 0 Å². The minimum atomic E-state index is -0.0842. The van der Waals surface area contributed by atoms with Crippen molar-refractivity contribution in [3.63, 3.8) is 0 Å². The summed E-state index contributed by atoms with van der Waals surface area (Å²) in [5, 5.41) is 0. The molecule has 0 saturated carbocycles. The van der Waals surface area contributed by atoms with Crippen molar-refractivity contribution >= 4 is 5.91 Å². The van der Waals surface area contributed by atoms with Gasteiger partial charge in [-0.25, -0.2) is 5.84 Å². The van der Waals surface area contributed by atoms with E-state index in [2.05, 4.69) is 10.3 Å². The summed E-state index contributed by atoms with van der Waals surface area (Å²) in [4.78, 5) is 13.6. The lowest BCUT2D eigenvalue weighted by Crippen LogP contribution is -2.43. The largest absolute Gasteiger partial charge is 0.384 e. The van der Waals surface area contributed by atoms with Gasteiger partial charge < -0.3 is 9.64 Å². The van der Waals surface area contributed by atoms with Crippen molar-refractivity contribution in [2.45, 2.75) is 19.8 Å². The summed E-state index contributed by atoms with van der Waals surface area (Å²) in [6, 6.07) is 0. The van der Waals surface area contributed by atoms with E-state index < -0.39 is 0 Å². The third kappa shape index (κ3) is 4.08. The molecule has 1 heterocycles. The average molecular weight is 229 g/mol. The molecule has 0 aromatic carbocycles. The number of methoxy groups -OCH3 is 1. The first-order chi connectivity index (χ1) is 7.67. The molecule has 0 aliphatic carbocycles. The number of hydrazine groups is 1. The molecule has 1 aliphatic heterocycles.